The molecule has 1 amide bonds. The molecule has 0 N–H and O–H groups in total. The minimum absolute atomic E-state index is 0.0372. The first-order valence-electron chi connectivity index (χ1n) is 9.42. The first kappa shape index (κ1) is 18.1. The monoisotopic (exact) mass is 340 g/mol. The van der Waals surface area contributed by atoms with Crippen LogP contribution in [0.2, 0.25) is 0 Å². The van der Waals surface area contributed by atoms with Crippen molar-refractivity contribution in [1.29, 1.82) is 0 Å². The van der Waals surface area contributed by atoms with E-state index in [0.717, 1.165) is 78.0 Å². The quantitative estimate of drug-likeness (QED) is 0.696. The van der Waals surface area contributed by atoms with E-state index < -0.39 is 0 Å². The van der Waals surface area contributed by atoms with Gasteiger partial charge >= 0.3 is 0 Å². The van der Waals surface area contributed by atoms with Crippen molar-refractivity contribution in [3.63, 3.8) is 0 Å². The van der Waals surface area contributed by atoms with Crippen molar-refractivity contribution in [3.05, 3.63) is 0 Å². The van der Waals surface area contributed by atoms with Crippen molar-refractivity contribution in [3.8, 4) is 0 Å². The third-order valence-corrected chi connectivity index (χ3v) is 5.75. The molecular weight excluding hydrogens is 308 g/mol. The molecule has 6 nitrogen and oxygen atoms in total. The Bertz CT molecular complexity index is 414. The topological polar surface area (TPSA) is 51.2 Å². The molecule has 0 aliphatic carbocycles. The number of piperidine rings is 1. The van der Waals surface area contributed by atoms with Gasteiger partial charge in [-0.15, -0.1) is 0 Å². The molecule has 138 valence electrons. The van der Waals surface area contributed by atoms with E-state index in [-0.39, 0.29) is 24.0 Å². The zero-order valence-electron chi connectivity index (χ0n) is 15.0. The first-order valence-corrected chi connectivity index (χ1v) is 9.42. The summed E-state index contributed by atoms with van der Waals surface area (Å²) in [6.07, 6.45) is 5.77. The van der Waals surface area contributed by atoms with Crippen molar-refractivity contribution in [1.82, 2.24) is 9.80 Å². The van der Waals surface area contributed by atoms with Crippen LogP contribution in [0.25, 0.3) is 0 Å². The minimum Gasteiger partial charge on any atom is -0.383 e. The Labute approximate surface area is 145 Å². The molecule has 3 aliphatic heterocycles. The number of amides is 1. The van der Waals surface area contributed by atoms with Crippen molar-refractivity contribution in [2.24, 2.45) is 5.41 Å². The maximum atomic E-state index is 12.2. The molecule has 0 bridgehead atoms. The van der Waals surface area contributed by atoms with Crippen LogP contribution in [-0.4, -0.2) is 88.1 Å². The van der Waals surface area contributed by atoms with Crippen LogP contribution >= 0.6 is 0 Å². The maximum absolute atomic E-state index is 12.2. The molecular formula is C18H32N2O4. The standard InChI is InChI=1S/C18H32N2O4/c1-22-12-10-19-9-5-16-18(14-19,6-4-11-24-16)15-23-13-17(21)20-7-2-3-8-20/h16H,2-15H2,1H3. The molecule has 3 saturated heterocycles. The molecule has 0 saturated carbocycles. The van der Waals surface area contributed by atoms with Gasteiger partial charge in [-0.3, -0.25) is 4.79 Å². The number of carbonyl (C=O) groups excluding carboxylic acids is 1. The van der Waals surface area contributed by atoms with Gasteiger partial charge < -0.3 is 24.0 Å². The third kappa shape index (κ3) is 4.28. The predicted molar refractivity (Wildman–Crippen MR) is 91.0 cm³/mol. The van der Waals surface area contributed by atoms with Crippen LogP contribution in [0.3, 0.4) is 0 Å². The van der Waals surface area contributed by atoms with Crippen molar-refractivity contribution in [2.75, 3.05) is 66.3 Å². The normalized spacial score (nSPS) is 31.2. The summed E-state index contributed by atoms with van der Waals surface area (Å²) >= 11 is 0. The van der Waals surface area contributed by atoms with Crippen LogP contribution in [0.5, 0.6) is 0 Å². The van der Waals surface area contributed by atoms with E-state index in [9.17, 15) is 4.79 Å². The Kier molecular flexibility index (Phi) is 6.49. The second kappa shape index (κ2) is 8.61. The molecule has 3 fully saturated rings. The third-order valence-electron chi connectivity index (χ3n) is 5.75. The first-order chi connectivity index (χ1) is 11.7. The minimum atomic E-state index is 0.0372. The van der Waals surface area contributed by atoms with Gasteiger partial charge in [-0.05, 0) is 32.1 Å². The lowest BCUT2D eigenvalue weighted by Gasteiger charge is -2.50. The number of carbonyl (C=O) groups is 1. The maximum Gasteiger partial charge on any atom is 0.248 e. The number of methoxy groups -OCH3 is 1. The highest BCUT2D eigenvalue weighted by atomic mass is 16.5. The Balaban J connectivity index is 1.53. The van der Waals surface area contributed by atoms with Crippen LogP contribution in [0.4, 0.5) is 0 Å². The van der Waals surface area contributed by atoms with Crippen molar-refractivity contribution >= 4 is 5.91 Å². The number of likely N-dealkylation sites (tertiary alicyclic amines) is 2. The molecule has 0 spiro atoms. The Hall–Kier alpha value is -0.690. The summed E-state index contributed by atoms with van der Waals surface area (Å²) in [5.74, 6) is 0.143. The van der Waals surface area contributed by atoms with Gasteiger partial charge in [0.15, 0.2) is 0 Å². The van der Waals surface area contributed by atoms with Crippen LogP contribution < -0.4 is 0 Å². The van der Waals surface area contributed by atoms with Crippen LogP contribution in [0.1, 0.15) is 32.1 Å². The summed E-state index contributed by atoms with van der Waals surface area (Å²) in [6, 6.07) is 0. The van der Waals surface area contributed by atoms with Gasteiger partial charge in [-0.2, -0.15) is 0 Å². The van der Waals surface area contributed by atoms with Crippen LogP contribution in [0.15, 0.2) is 0 Å². The molecule has 3 rings (SSSR count). The second-order valence-electron chi connectivity index (χ2n) is 7.46. The molecule has 0 aromatic heterocycles. The number of hydrogen-bond acceptors (Lipinski definition) is 5. The fraction of sp³-hybridized carbons (Fsp3) is 0.944. The molecule has 6 heteroatoms. The summed E-state index contributed by atoms with van der Waals surface area (Å²) < 4.78 is 17.2. The zero-order valence-corrected chi connectivity index (χ0v) is 15.0. The van der Waals surface area contributed by atoms with Gasteiger partial charge in [0.25, 0.3) is 0 Å². The van der Waals surface area contributed by atoms with E-state index >= 15 is 0 Å². The van der Waals surface area contributed by atoms with Gasteiger partial charge in [0, 0.05) is 51.9 Å². The number of ether oxygens (including phenoxy) is 3. The highest BCUT2D eigenvalue weighted by Gasteiger charge is 2.46. The summed E-state index contributed by atoms with van der Waals surface area (Å²) in [4.78, 5) is 16.6. The molecule has 2 atom stereocenters. The second-order valence-corrected chi connectivity index (χ2v) is 7.46. The SMILES string of the molecule is COCCN1CCC2OCCCC2(COCC(=O)N2CCCC2)C1. The summed E-state index contributed by atoms with van der Waals surface area (Å²) in [7, 11) is 1.75. The van der Waals surface area contributed by atoms with Crippen LogP contribution in [-0.2, 0) is 19.0 Å². The molecule has 0 radical (unpaired) electrons. The lowest BCUT2D eigenvalue weighted by atomic mass is 9.73. The molecule has 2 unspecified atom stereocenters. The van der Waals surface area contributed by atoms with Gasteiger partial charge in [-0.25, -0.2) is 0 Å². The van der Waals surface area contributed by atoms with E-state index in [0.29, 0.717) is 6.61 Å². The van der Waals surface area contributed by atoms with E-state index in [1.807, 2.05) is 4.90 Å². The number of hydrogen-bond donors (Lipinski definition) is 0. The van der Waals surface area contributed by atoms with Gasteiger partial charge in [0.05, 0.1) is 19.3 Å². The lowest BCUT2D eigenvalue weighted by Crippen LogP contribution is -2.57. The summed E-state index contributed by atoms with van der Waals surface area (Å²) in [5.41, 5.74) is 0.0372. The highest BCUT2D eigenvalue weighted by Crippen LogP contribution is 2.40. The van der Waals surface area contributed by atoms with E-state index in [1.165, 1.54) is 0 Å². The zero-order chi connectivity index (χ0) is 16.8. The average molecular weight is 340 g/mol. The van der Waals surface area contributed by atoms with E-state index in [2.05, 4.69) is 4.90 Å². The average Bonchev–Trinajstić information content (AvgIpc) is 3.14. The van der Waals surface area contributed by atoms with E-state index in [1.54, 1.807) is 7.11 Å². The Morgan fingerprint density at radius 3 is 2.88 bits per heavy atom. The fourth-order valence-electron chi connectivity index (χ4n) is 4.40. The van der Waals surface area contributed by atoms with Crippen molar-refractivity contribution in [2.45, 2.75) is 38.2 Å². The number of rotatable bonds is 7. The Morgan fingerprint density at radius 1 is 1.25 bits per heavy atom. The summed E-state index contributed by atoms with van der Waals surface area (Å²) in [5, 5.41) is 0. The molecule has 24 heavy (non-hydrogen) atoms. The fourth-order valence-corrected chi connectivity index (χ4v) is 4.40. The molecule has 3 aliphatic rings. The van der Waals surface area contributed by atoms with Crippen LogP contribution in [0, 0.1) is 5.41 Å². The largest absolute Gasteiger partial charge is 0.383 e. The predicted octanol–water partition coefficient (Wildman–Crippen LogP) is 1.14. The lowest BCUT2D eigenvalue weighted by molar-refractivity contribution is -0.160. The molecule has 3 heterocycles. The summed E-state index contributed by atoms with van der Waals surface area (Å²) in [6.45, 7) is 7.24. The van der Waals surface area contributed by atoms with Gasteiger partial charge in [0.1, 0.15) is 6.61 Å². The van der Waals surface area contributed by atoms with Gasteiger partial charge in [-0.1, -0.05) is 0 Å². The van der Waals surface area contributed by atoms with Gasteiger partial charge in [0.2, 0.25) is 5.91 Å². The molecule has 0 aromatic carbocycles. The smallest absolute Gasteiger partial charge is 0.248 e. The molecule has 0 aromatic rings. The number of fused-ring (bicyclic) bond motifs is 1. The van der Waals surface area contributed by atoms with Crippen molar-refractivity contribution < 1.29 is 19.0 Å². The van der Waals surface area contributed by atoms with E-state index in [4.69, 9.17) is 14.2 Å². The Morgan fingerprint density at radius 2 is 2.08 bits per heavy atom. The number of nitrogens with zero attached hydrogens (tertiary/aromatic N) is 2. The highest BCUT2D eigenvalue weighted by molar-refractivity contribution is 5.77.